The summed E-state index contributed by atoms with van der Waals surface area (Å²) in [7, 11) is 2.22. The number of rotatable bonds is 0. The molecule has 0 amide bonds. The second kappa shape index (κ2) is 980. The highest BCUT2D eigenvalue weighted by molar-refractivity contribution is 7.96. The fourth-order valence-electron chi connectivity index (χ4n) is 0. The summed E-state index contributed by atoms with van der Waals surface area (Å²) in [6.45, 7) is 0. The number of hydrogen-bond donors (Lipinski definition) is 3. The van der Waals surface area contributed by atoms with E-state index >= 15 is 0 Å². The van der Waals surface area contributed by atoms with Crippen LogP contribution in [0.15, 0.2) is 0 Å². The molecule has 0 aliphatic rings. The van der Waals surface area contributed by atoms with Crippen molar-refractivity contribution >= 4 is 26.1 Å². The predicted octanol–water partition coefficient (Wildman–Crippen LogP) is 1.03. The smallest absolute Gasteiger partial charge is 0.140 e. The Labute approximate surface area is 76.8 Å². The Balaban J connectivity index is -0.00000000698. The molecule has 0 fully saturated rings. The van der Waals surface area contributed by atoms with Crippen molar-refractivity contribution in [3.8, 4) is 0 Å². The molecule has 0 aromatic heterocycles. The maximum Gasteiger partial charge on any atom is 0.140 e. The normalized spacial score (nSPS) is 4.42. The number of nitrogens with one attached hydrogen (secondary N) is 1. The summed E-state index contributed by atoms with van der Waals surface area (Å²) in [4.78, 5) is 14.0. The first kappa shape index (κ1) is 40.1. The highest BCUT2D eigenvalue weighted by Gasteiger charge is 1.17. The van der Waals surface area contributed by atoms with Gasteiger partial charge in [-0.25, -0.2) is 0 Å². The van der Waals surface area contributed by atoms with Crippen molar-refractivity contribution in [2.45, 2.75) is 7.43 Å². The molecule has 12 heavy (non-hydrogen) atoms. The van der Waals surface area contributed by atoms with E-state index in [9.17, 15) is 0 Å². The quantitative estimate of drug-likeness (QED) is 0.327. The molecule has 1 unspecified atom stereocenters. The van der Waals surface area contributed by atoms with Crippen molar-refractivity contribution in [3.05, 3.63) is 9.93 Å². The molecule has 0 aromatic rings. The third-order valence-corrected chi connectivity index (χ3v) is 0. The molecule has 0 rings (SSSR count). The summed E-state index contributed by atoms with van der Waals surface area (Å²) in [5, 5.41) is 18.1. The van der Waals surface area contributed by atoms with Gasteiger partial charge in [0, 0.05) is 18.0 Å². The molecule has 0 bridgehead atoms. The van der Waals surface area contributed by atoms with Crippen LogP contribution in [0.3, 0.4) is 0 Å². The van der Waals surface area contributed by atoms with E-state index in [1.807, 2.05) is 0 Å². The van der Waals surface area contributed by atoms with Crippen molar-refractivity contribution in [2.24, 2.45) is 0 Å². The van der Waals surface area contributed by atoms with Gasteiger partial charge in [-0.05, 0) is 0 Å². The van der Waals surface area contributed by atoms with Gasteiger partial charge in [0.15, 0.2) is 0 Å². The topological polar surface area (TPSA) is 179 Å². The van der Waals surface area contributed by atoms with Gasteiger partial charge < -0.3 is 11.0 Å². The molecule has 80 valence electrons. The number of hydrogen-bond acceptors (Lipinski definition) is 6. The SMILES string of the molecule is C.N=PP.O.O.O=O.OO.[2H]P=O. The second-order valence-electron chi connectivity index (χ2n) is 0.129. The van der Waals surface area contributed by atoms with E-state index in [2.05, 4.69) is 8.93 Å². The van der Waals surface area contributed by atoms with Gasteiger partial charge in [0.25, 0.3) is 0 Å². The Morgan fingerprint density at radius 3 is 1.42 bits per heavy atom. The van der Waals surface area contributed by atoms with E-state index in [1.165, 1.54) is 0 Å². The largest absolute Gasteiger partial charge is 0.412 e. The highest BCUT2D eigenvalue weighted by Crippen LogP contribution is 2.00. The van der Waals surface area contributed by atoms with Crippen LogP contribution in [-0.4, -0.2) is 22.7 Å². The zero-order valence-electron chi connectivity index (χ0n) is 6.09. The van der Waals surface area contributed by atoms with Crippen LogP contribution < -0.4 is 0 Å². The van der Waals surface area contributed by atoms with Crippen LogP contribution in [0.5, 0.6) is 0 Å². The van der Waals surface area contributed by atoms with Crippen LogP contribution in [0.25, 0.3) is 0 Å². The molecule has 7 N–H and O–H groups in total. The third kappa shape index (κ3) is 169000. The minimum Gasteiger partial charge on any atom is -0.412 e. The predicted molar refractivity (Wildman–Crippen MR) is 54.3 cm³/mol. The lowest BCUT2D eigenvalue weighted by atomic mass is 12.0. The van der Waals surface area contributed by atoms with Crippen LogP contribution in [0, 0.1) is 15.1 Å². The Morgan fingerprint density at radius 1 is 1.42 bits per heavy atom. The van der Waals surface area contributed by atoms with E-state index in [4.69, 9.17) is 31.4 Å². The van der Waals surface area contributed by atoms with Crippen molar-refractivity contribution < 1.29 is 26.0 Å². The molecule has 11 heteroatoms. The highest BCUT2D eigenvalue weighted by atomic mass is 32.0. The second-order valence-corrected chi connectivity index (χ2v) is 1.16. The molecule has 0 saturated carbocycles. The lowest BCUT2D eigenvalue weighted by molar-refractivity contribution is -0.176. The minimum absolute atomic E-state index is 0. The van der Waals surface area contributed by atoms with Gasteiger partial charge in [-0.15, -0.1) is 0 Å². The summed E-state index contributed by atoms with van der Waals surface area (Å²) in [6.07, 6.45) is 0. The standard InChI is InChI=1S/CH4.H3NP2.H2O2.O2.HOP.2H2O/c;1-3-2;3*1-2;;/h1H4;1H,2H2;1-2H;;2H;2*1H2/i;;;;2D;;. The zero-order valence-corrected chi connectivity index (χ0v) is 8.03. The van der Waals surface area contributed by atoms with Gasteiger partial charge in [-0.1, -0.05) is 16.4 Å². The van der Waals surface area contributed by atoms with E-state index in [0.717, 1.165) is 0 Å². The van der Waals surface area contributed by atoms with Crippen LogP contribution in [-0.2, 0) is 4.57 Å². The maximum absolute atomic E-state index is 8.57. The minimum atomic E-state index is -0.583. The van der Waals surface area contributed by atoms with E-state index in [0.29, 0.717) is 8.06 Å². The van der Waals surface area contributed by atoms with E-state index < -0.39 is 9.06 Å². The average Bonchev–Trinajstić information content (AvgIpc) is 1.99. The van der Waals surface area contributed by atoms with Gasteiger partial charge in [0.2, 0.25) is 0 Å². The Morgan fingerprint density at radius 2 is 1.42 bits per heavy atom. The van der Waals surface area contributed by atoms with Crippen LogP contribution in [0.2, 0.25) is 0 Å². The lowest BCUT2D eigenvalue weighted by Gasteiger charge is -1.29. The first-order valence-corrected chi connectivity index (χ1v) is 3.91. The molecular formula is CH14NO7P3. The van der Waals surface area contributed by atoms with Crippen LogP contribution in [0.1, 0.15) is 7.43 Å². The molecule has 0 aliphatic carbocycles. The zero-order chi connectivity index (χ0) is 9.41. The van der Waals surface area contributed by atoms with Gasteiger partial charge in [-0.3, -0.25) is 20.2 Å². The molecular weight excluding hydrogens is 231 g/mol. The Bertz CT molecular complexity index is 53.0. The van der Waals surface area contributed by atoms with Crippen molar-refractivity contribution in [1.29, 1.82) is 6.44 Å². The summed E-state index contributed by atoms with van der Waals surface area (Å²) < 4.78 is 14.2. The average molecular weight is 246 g/mol. The molecule has 1 atom stereocenters. The maximum atomic E-state index is 8.57. The molecule has 8 nitrogen and oxygen atoms in total. The van der Waals surface area contributed by atoms with Gasteiger partial charge in [0.1, 0.15) is 10.3 Å². The molecule has 0 saturated heterocycles. The van der Waals surface area contributed by atoms with E-state index in [1.54, 1.807) is 0 Å². The summed E-state index contributed by atoms with van der Waals surface area (Å²) in [6, 6.07) is 0. The fraction of sp³-hybridized carbons (Fsp3) is 1.00. The van der Waals surface area contributed by atoms with Crippen LogP contribution >= 0.6 is 26.1 Å². The van der Waals surface area contributed by atoms with Crippen molar-refractivity contribution in [1.82, 2.24) is 0 Å². The molecule has 0 radical (unpaired) electrons. The Hall–Kier alpha value is 0.0700. The Kier molecular flexibility index (Phi) is 3280. The van der Waals surface area contributed by atoms with Gasteiger partial charge in [0.05, 0.1) is 0 Å². The van der Waals surface area contributed by atoms with Crippen molar-refractivity contribution in [2.75, 3.05) is 0 Å². The molecule has 0 heterocycles. The lowest BCUT2D eigenvalue weighted by Crippen LogP contribution is -1.29. The summed E-state index contributed by atoms with van der Waals surface area (Å²) >= 11 is 0. The van der Waals surface area contributed by atoms with Gasteiger partial charge in [-0.2, -0.15) is 0 Å². The molecule has 0 aromatic carbocycles. The third-order valence-electron chi connectivity index (χ3n) is 0. The first-order chi connectivity index (χ1) is 4.83. The summed E-state index contributed by atoms with van der Waals surface area (Å²) in [5.74, 6) is 0. The monoisotopic (exact) mass is 246 g/mol. The fourth-order valence-corrected chi connectivity index (χ4v) is 0. The van der Waals surface area contributed by atoms with Crippen LogP contribution in [0.4, 0.5) is 0 Å². The summed E-state index contributed by atoms with van der Waals surface area (Å²) in [5.41, 5.74) is 0. The first-order valence-electron chi connectivity index (χ1n) is 1.48. The molecule has 0 aliphatic heterocycles. The van der Waals surface area contributed by atoms with E-state index in [-0.39, 0.29) is 18.4 Å². The van der Waals surface area contributed by atoms with Gasteiger partial charge >= 0.3 is 0 Å². The van der Waals surface area contributed by atoms with Crippen molar-refractivity contribution in [3.63, 3.8) is 0 Å². The molecule has 0 spiro atoms.